The van der Waals surface area contributed by atoms with Gasteiger partial charge in [0.05, 0.1) is 0 Å². The number of aryl methyl sites for hydroxylation is 2. The van der Waals surface area contributed by atoms with Crippen molar-refractivity contribution in [2.45, 2.75) is 39.0 Å². The molecule has 2 heteroatoms. The Hall–Kier alpha value is -1.57. The van der Waals surface area contributed by atoms with Crippen molar-refractivity contribution >= 4 is 11.5 Å². The molecule has 0 heterocycles. The number of rotatable bonds is 4. The Bertz CT molecular complexity index is 458. The summed E-state index contributed by atoms with van der Waals surface area (Å²) in [6.45, 7) is 2.07. The van der Waals surface area contributed by atoms with E-state index in [0.29, 0.717) is 0 Å². The largest absolute Gasteiger partial charge is 0.478 e. The van der Waals surface area contributed by atoms with E-state index in [-0.39, 0.29) is 0 Å². The zero-order chi connectivity index (χ0) is 12.3. The van der Waals surface area contributed by atoms with Gasteiger partial charge in [0, 0.05) is 6.08 Å². The molecule has 1 aliphatic carbocycles. The molecule has 0 saturated carbocycles. The van der Waals surface area contributed by atoms with E-state index < -0.39 is 5.97 Å². The molecule has 0 aromatic heterocycles. The minimum atomic E-state index is -0.853. The van der Waals surface area contributed by atoms with Gasteiger partial charge in [0.2, 0.25) is 0 Å². The average Bonchev–Trinajstić information content (AvgIpc) is 2.74. The Labute approximate surface area is 102 Å². The number of aliphatic carboxylic acids is 1. The van der Waals surface area contributed by atoms with Crippen molar-refractivity contribution in [2.75, 3.05) is 0 Å². The van der Waals surface area contributed by atoms with Gasteiger partial charge in [0.1, 0.15) is 0 Å². The van der Waals surface area contributed by atoms with Gasteiger partial charge in [-0.1, -0.05) is 31.5 Å². The Morgan fingerprint density at radius 3 is 2.82 bits per heavy atom. The van der Waals surface area contributed by atoms with Crippen LogP contribution in [0.3, 0.4) is 0 Å². The molecule has 1 aromatic rings. The van der Waals surface area contributed by atoms with Gasteiger partial charge in [-0.15, -0.1) is 0 Å². The monoisotopic (exact) mass is 230 g/mol. The van der Waals surface area contributed by atoms with Crippen LogP contribution in [0.25, 0.3) is 5.57 Å². The molecule has 0 aliphatic heterocycles. The lowest BCUT2D eigenvalue weighted by Crippen LogP contribution is -1.94. The molecule has 0 saturated heterocycles. The van der Waals surface area contributed by atoms with Gasteiger partial charge < -0.3 is 5.11 Å². The van der Waals surface area contributed by atoms with Gasteiger partial charge in [-0.25, -0.2) is 4.79 Å². The maximum atomic E-state index is 10.8. The van der Waals surface area contributed by atoms with E-state index in [9.17, 15) is 4.79 Å². The molecule has 2 nitrogen and oxygen atoms in total. The summed E-state index contributed by atoms with van der Waals surface area (Å²) >= 11 is 0. The number of carboxylic acids is 1. The van der Waals surface area contributed by atoms with Gasteiger partial charge in [0.15, 0.2) is 0 Å². The number of fused-ring (bicyclic) bond motifs is 1. The molecule has 0 unspecified atom stereocenters. The summed E-state index contributed by atoms with van der Waals surface area (Å²) in [4.78, 5) is 10.8. The first-order valence-corrected chi connectivity index (χ1v) is 6.26. The third kappa shape index (κ3) is 2.76. The van der Waals surface area contributed by atoms with Crippen LogP contribution in [0.1, 0.15) is 42.9 Å². The summed E-state index contributed by atoms with van der Waals surface area (Å²) in [7, 11) is 0. The molecule has 0 spiro atoms. The van der Waals surface area contributed by atoms with Crippen LogP contribution in [0.5, 0.6) is 0 Å². The van der Waals surface area contributed by atoms with Crippen molar-refractivity contribution in [3.63, 3.8) is 0 Å². The Balaban J connectivity index is 2.33. The second-order valence-electron chi connectivity index (χ2n) is 4.59. The third-order valence-corrected chi connectivity index (χ3v) is 3.29. The summed E-state index contributed by atoms with van der Waals surface area (Å²) in [5.74, 6) is -0.853. The summed E-state index contributed by atoms with van der Waals surface area (Å²) in [6.07, 6.45) is 6.67. The Kier molecular flexibility index (Phi) is 3.62. The highest BCUT2D eigenvalue weighted by atomic mass is 16.4. The maximum absolute atomic E-state index is 10.8. The van der Waals surface area contributed by atoms with Crippen LogP contribution in [-0.2, 0) is 17.6 Å². The highest BCUT2D eigenvalue weighted by Gasteiger charge is 2.12. The molecule has 2 rings (SSSR count). The predicted octanol–water partition coefficient (Wildman–Crippen LogP) is 3.44. The molecule has 0 bridgehead atoms. The number of carbonyl (C=O) groups is 1. The van der Waals surface area contributed by atoms with E-state index in [2.05, 4.69) is 25.1 Å². The topological polar surface area (TPSA) is 37.3 Å². The average molecular weight is 230 g/mol. The first-order chi connectivity index (χ1) is 8.20. The maximum Gasteiger partial charge on any atom is 0.328 e. The zero-order valence-corrected chi connectivity index (χ0v) is 10.2. The van der Waals surface area contributed by atoms with E-state index in [4.69, 9.17) is 5.11 Å². The van der Waals surface area contributed by atoms with Gasteiger partial charge >= 0.3 is 5.97 Å². The summed E-state index contributed by atoms with van der Waals surface area (Å²) in [5, 5.41) is 8.89. The van der Waals surface area contributed by atoms with Crippen LogP contribution >= 0.6 is 0 Å². The molecular weight excluding hydrogens is 212 g/mol. The van der Waals surface area contributed by atoms with Crippen LogP contribution < -0.4 is 0 Å². The van der Waals surface area contributed by atoms with E-state index in [1.54, 1.807) is 0 Å². The fourth-order valence-corrected chi connectivity index (χ4v) is 2.49. The van der Waals surface area contributed by atoms with Gasteiger partial charge in [-0.2, -0.15) is 0 Å². The van der Waals surface area contributed by atoms with Crippen LogP contribution in [0.2, 0.25) is 0 Å². The SMILES string of the molecule is CCC/C(=C\C(=O)O)c1ccc2c(c1)CCC2. The molecule has 0 amide bonds. The lowest BCUT2D eigenvalue weighted by atomic mass is 9.97. The number of benzene rings is 1. The van der Waals surface area contributed by atoms with Crippen molar-refractivity contribution in [1.82, 2.24) is 0 Å². The fraction of sp³-hybridized carbons (Fsp3) is 0.400. The minimum absolute atomic E-state index is 0.824. The van der Waals surface area contributed by atoms with Crippen LogP contribution in [0.15, 0.2) is 24.3 Å². The lowest BCUT2D eigenvalue weighted by Gasteiger charge is -2.08. The molecule has 90 valence electrons. The van der Waals surface area contributed by atoms with Crippen molar-refractivity contribution in [3.05, 3.63) is 41.0 Å². The van der Waals surface area contributed by atoms with E-state index in [1.165, 1.54) is 30.0 Å². The molecule has 0 radical (unpaired) electrons. The lowest BCUT2D eigenvalue weighted by molar-refractivity contribution is -0.131. The summed E-state index contributed by atoms with van der Waals surface area (Å²) < 4.78 is 0. The Morgan fingerprint density at radius 1 is 1.35 bits per heavy atom. The zero-order valence-electron chi connectivity index (χ0n) is 10.2. The van der Waals surface area contributed by atoms with Crippen molar-refractivity contribution in [3.8, 4) is 0 Å². The van der Waals surface area contributed by atoms with Gasteiger partial charge in [0.25, 0.3) is 0 Å². The minimum Gasteiger partial charge on any atom is -0.478 e. The van der Waals surface area contributed by atoms with E-state index in [0.717, 1.165) is 30.4 Å². The standard InChI is InChI=1S/C15H18O2/c1-2-4-12(10-15(16)17)14-8-7-11-5-3-6-13(11)9-14/h7-10H,2-6H2,1H3,(H,16,17)/b12-10+. The number of allylic oxidation sites excluding steroid dienone is 1. The van der Waals surface area contributed by atoms with Crippen LogP contribution in [0, 0.1) is 0 Å². The van der Waals surface area contributed by atoms with Gasteiger partial charge in [-0.3, -0.25) is 0 Å². The second-order valence-corrected chi connectivity index (χ2v) is 4.59. The summed E-state index contributed by atoms with van der Waals surface area (Å²) in [6, 6.07) is 6.39. The van der Waals surface area contributed by atoms with E-state index in [1.807, 2.05) is 0 Å². The summed E-state index contributed by atoms with van der Waals surface area (Å²) in [5.41, 5.74) is 4.85. The van der Waals surface area contributed by atoms with Crippen LogP contribution in [0.4, 0.5) is 0 Å². The number of hydrogen-bond donors (Lipinski definition) is 1. The molecule has 0 fully saturated rings. The first-order valence-electron chi connectivity index (χ1n) is 6.26. The van der Waals surface area contributed by atoms with E-state index >= 15 is 0 Å². The molecule has 1 N–H and O–H groups in total. The first kappa shape index (κ1) is 11.9. The molecular formula is C15H18O2. The quantitative estimate of drug-likeness (QED) is 0.804. The Morgan fingerprint density at radius 2 is 2.12 bits per heavy atom. The van der Waals surface area contributed by atoms with Crippen molar-refractivity contribution in [2.24, 2.45) is 0 Å². The number of carboxylic acid groups (broad SMARTS) is 1. The van der Waals surface area contributed by atoms with Crippen LogP contribution in [-0.4, -0.2) is 11.1 Å². The molecule has 1 aromatic carbocycles. The number of hydrogen-bond acceptors (Lipinski definition) is 1. The van der Waals surface area contributed by atoms with Crippen molar-refractivity contribution < 1.29 is 9.90 Å². The highest BCUT2D eigenvalue weighted by molar-refractivity contribution is 5.90. The third-order valence-electron chi connectivity index (χ3n) is 3.29. The smallest absolute Gasteiger partial charge is 0.328 e. The normalized spacial score (nSPS) is 14.8. The van der Waals surface area contributed by atoms with Crippen molar-refractivity contribution in [1.29, 1.82) is 0 Å². The second kappa shape index (κ2) is 5.17. The molecule has 17 heavy (non-hydrogen) atoms. The fourth-order valence-electron chi connectivity index (χ4n) is 2.49. The predicted molar refractivity (Wildman–Crippen MR) is 69.0 cm³/mol. The molecule has 1 aliphatic rings. The van der Waals surface area contributed by atoms with Gasteiger partial charge in [-0.05, 0) is 47.9 Å². The highest BCUT2D eigenvalue weighted by Crippen LogP contribution is 2.27. The molecule has 0 atom stereocenters.